The number of hydrogen-bond acceptors (Lipinski definition) is 0. The standard InChI is InChI=1S/C14H14/c1-2-5-9-13(10-6-3-1)14-11-7-4-8-12-14/h1-2,4,6-12H,3,5H2/b2-1-,10-6-,13-9+. The van der Waals surface area contributed by atoms with E-state index in [-0.39, 0.29) is 0 Å². The van der Waals surface area contributed by atoms with Crippen LogP contribution in [0.15, 0.2) is 60.7 Å². The minimum Gasteiger partial charge on any atom is -0.0844 e. The van der Waals surface area contributed by atoms with E-state index in [9.17, 15) is 0 Å². The van der Waals surface area contributed by atoms with Crippen LogP contribution < -0.4 is 0 Å². The van der Waals surface area contributed by atoms with Crippen molar-refractivity contribution in [2.45, 2.75) is 12.8 Å². The average Bonchev–Trinajstić information content (AvgIpc) is 2.18. The van der Waals surface area contributed by atoms with Gasteiger partial charge < -0.3 is 0 Å². The molecule has 1 aromatic carbocycles. The summed E-state index contributed by atoms with van der Waals surface area (Å²) in [6.07, 6.45) is 13.2. The van der Waals surface area contributed by atoms with Gasteiger partial charge in [-0.05, 0) is 24.0 Å². The molecular formula is C14H14. The van der Waals surface area contributed by atoms with Crippen LogP contribution in [0.5, 0.6) is 0 Å². The van der Waals surface area contributed by atoms with Gasteiger partial charge in [0, 0.05) is 0 Å². The number of allylic oxidation sites excluding steroid dienone is 6. The second-order valence-corrected chi connectivity index (χ2v) is 3.37. The Morgan fingerprint density at radius 2 is 1.57 bits per heavy atom. The zero-order chi connectivity index (χ0) is 9.64. The smallest absolute Gasteiger partial charge is 0.0160 e. The van der Waals surface area contributed by atoms with Gasteiger partial charge in [0.05, 0.1) is 0 Å². The van der Waals surface area contributed by atoms with Crippen LogP contribution in [0.3, 0.4) is 0 Å². The first kappa shape index (κ1) is 9.01. The summed E-state index contributed by atoms with van der Waals surface area (Å²) in [6.45, 7) is 0. The van der Waals surface area contributed by atoms with Crippen LogP contribution >= 0.6 is 0 Å². The van der Waals surface area contributed by atoms with Crippen LogP contribution in [0.2, 0.25) is 0 Å². The summed E-state index contributed by atoms with van der Waals surface area (Å²) >= 11 is 0. The van der Waals surface area contributed by atoms with Gasteiger partial charge in [-0.25, -0.2) is 0 Å². The van der Waals surface area contributed by atoms with Crippen LogP contribution in [0.25, 0.3) is 5.57 Å². The fourth-order valence-electron chi connectivity index (χ4n) is 1.57. The van der Waals surface area contributed by atoms with Gasteiger partial charge in [0.1, 0.15) is 0 Å². The summed E-state index contributed by atoms with van der Waals surface area (Å²) in [5, 5.41) is 0. The third-order valence-corrected chi connectivity index (χ3v) is 2.32. The quantitative estimate of drug-likeness (QED) is 0.576. The predicted molar refractivity (Wildman–Crippen MR) is 61.9 cm³/mol. The molecule has 2 rings (SSSR count). The fourth-order valence-corrected chi connectivity index (χ4v) is 1.57. The molecule has 0 saturated carbocycles. The zero-order valence-corrected chi connectivity index (χ0v) is 8.19. The Labute approximate surface area is 85.3 Å². The first-order valence-corrected chi connectivity index (χ1v) is 5.04. The van der Waals surface area contributed by atoms with Crippen LogP contribution in [0, 0.1) is 0 Å². The normalized spacial score (nSPS) is 24.1. The summed E-state index contributed by atoms with van der Waals surface area (Å²) in [5.74, 6) is 0. The molecule has 0 aromatic heterocycles. The van der Waals surface area contributed by atoms with Crippen LogP contribution in [-0.4, -0.2) is 0 Å². The van der Waals surface area contributed by atoms with Crippen molar-refractivity contribution in [2.24, 2.45) is 0 Å². The van der Waals surface area contributed by atoms with E-state index < -0.39 is 0 Å². The molecule has 0 unspecified atom stereocenters. The molecule has 0 spiro atoms. The van der Waals surface area contributed by atoms with E-state index in [1.807, 2.05) is 0 Å². The highest BCUT2D eigenvalue weighted by Gasteiger charge is 1.96. The van der Waals surface area contributed by atoms with Crippen molar-refractivity contribution in [1.82, 2.24) is 0 Å². The maximum Gasteiger partial charge on any atom is -0.0160 e. The van der Waals surface area contributed by atoms with Crippen molar-refractivity contribution >= 4 is 5.57 Å². The molecule has 14 heavy (non-hydrogen) atoms. The minimum absolute atomic E-state index is 1.04. The van der Waals surface area contributed by atoms with E-state index in [0.717, 1.165) is 12.8 Å². The lowest BCUT2D eigenvalue weighted by atomic mass is 10.0. The molecular weight excluding hydrogens is 168 g/mol. The van der Waals surface area contributed by atoms with Crippen LogP contribution in [-0.2, 0) is 0 Å². The molecule has 0 atom stereocenters. The Hall–Kier alpha value is -1.56. The third kappa shape index (κ3) is 2.23. The predicted octanol–water partition coefficient (Wildman–Crippen LogP) is 3.98. The summed E-state index contributed by atoms with van der Waals surface area (Å²) in [7, 11) is 0. The lowest BCUT2D eigenvalue weighted by molar-refractivity contribution is 1.29. The van der Waals surface area contributed by atoms with Crippen LogP contribution in [0.4, 0.5) is 0 Å². The van der Waals surface area contributed by atoms with Crippen LogP contribution in [0.1, 0.15) is 18.4 Å². The van der Waals surface area contributed by atoms with Gasteiger partial charge in [-0.2, -0.15) is 0 Å². The number of benzene rings is 1. The topological polar surface area (TPSA) is 0 Å². The van der Waals surface area contributed by atoms with Gasteiger partial charge in [-0.15, -0.1) is 0 Å². The molecule has 0 aliphatic heterocycles. The molecule has 0 bridgehead atoms. The number of rotatable bonds is 1. The SMILES string of the molecule is C1=C\C/C=C(c2ccccc2)\C=C/C/1. The lowest BCUT2D eigenvalue weighted by Crippen LogP contribution is -1.81. The number of hydrogen-bond donors (Lipinski definition) is 0. The fraction of sp³-hybridized carbons (Fsp3) is 0.143. The first-order valence-electron chi connectivity index (χ1n) is 5.04. The molecule has 0 radical (unpaired) electrons. The Bertz CT molecular complexity index is 366. The maximum atomic E-state index is 2.27. The molecule has 0 heterocycles. The van der Waals surface area contributed by atoms with Crippen molar-refractivity contribution in [3.05, 3.63) is 66.3 Å². The molecule has 0 N–H and O–H groups in total. The Kier molecular flexibility index (Phi) is 2.97. The summed E-state index contributed by atoms with van der Waals surface area (Å²) in [6, 6.07) is 10.5. The molecule has 0 fully saturated rings. The molecule has 0 nitrogen and oxygen atoms in total. The summed E-state index contributed by atoms with van der Waals surface area (Å²) in [4.78, 5) is 0. The Morgan fingerprint density at radius 3 is 2.43 bits per heavy atom. The van der Waals surface area contributed by atoms with Gasteiger partial charge >= 0.3 is 0 Å². The van der Waals surface area contributed by atoms with Gasteiger partial charge in [-0.3, -0.25) is 0 Å². The molecule has 0 amide bonds. The largest absolute Gasteiger partial charge is 0.0844 e. The van der Waals surface area contributed by atoms with E-state index in [0.29, 0.717) is 0 Å². The Morgan fingerprint density at radius 1 is 0.786 bits per heavy atom. The van der Waals surface area contributed by atoms with Crippen molar-refractivity contribution in [3.63, 3.8) is 0 Å². The van der Waals surface area contributed by atoms with Gasteiger partial charge in [-0.1, -0.05) is 60.7 Å². The minimum atomic E-state index is 1.04. The first-order chi connectivity index (χ1) is 6.97. The second kappa shape index (κ2) is 4.61. The molecule has 1 aliphatic carbocycles. The highest BCUT2D eigenvalue weighted by molar-refractivity contribution is 5.74. The molecule has 0 heteroatoms. The highest BCUT2D eigenvalue weighted by Crippen LogP contribution is 2.17. The van der Waals surface area contributed by atoms with Crippen molar-refractivity contribution < 1.29 is 0 Å². The third-order valence-electron chi connectivity index (χ3n) is 2.32. The van der Waals surface area contributed by atoms with Gasteiger partial charge in [0.25, 0.3) is 0 Å². The van der Waals surface area contributed by atoms with E-state index >= 15 is 0 Å². The average molecular weight is 182 g/mol. The summed E-state index contributed by atoms with van der Waals surface area (Å²) < 4.78 is 0. The zero-order valence-electron chi connectivity index (χ0n) is 8.19. The van der Waals surface area contributed by atoms with E-state index in [4.69, 9.17) is 0 Å². The van der Waals surface area contributed by atoms with Crippen molar-refractivity contribution in [2.75, 3.05) is 0 Å². The molecule has 0 saturated heterocycles. The molecule has 1 aromatic rings. The second-order valence-electron chi connectivity index (χ2n) is 3.37. The lowest BCUT2D eigenvalue weighted by Gasteiger charge is -2.03. The van der Waals surface area contributed by atoms with E-state index in [1.165, 1.54) is 11.1 Å². The van der Waals surface area contributed by atoms with Crippen molar-refractivity contribution in [3.8, 4) is 0 Å². The van der Waals surface area contributed by atoms with E-state index in [2.05, 4.69) is 60.7 Å². The monoisotopic (exact) mass is 182 g/mol. The molecule has 1 aliphatic rings. The Balaban J connectivity index is 2.29. The highest BCUT2D eigenvalue weighted by atomic mass is 14.0. The van der Waals surface area contributed by atoms with Gasteiger partial charge in [0.15, 0.2) is 0 Å². The van der Waals surface area contributed by atoms with E-state index in [1.54, 1.807) is 0 Å². The van der Waals surface area contributed by atoms with Crippen molar-refractivity contribution in [1.29, 1.82) is 0 Å². The molecule has 70 valence electrons. The maximum absolute atomic E-state index is 2.27. The summed E-state index contributed by atoms with van der Waals surface area (Å²) in [5.41, 5.74) is 2.63. The van der Waals surface area contributed by atoms with Gasteiger partial charge in [0.2, 0.25) is 0 Å².